The summed E-state index contributed by atoms with van der Waals surface area (Å²) < 4.78 is 54.8. The first-order valence-electron chi connectivity index (χ1n) is 10.2. The van der Waals surface area contributed by atoms with E-state index >= 15 is 0 Å². The zero-order chi connectivity index (χ0) is 24.7. The second kappa shape index (κ2) is 11.1. The molecule has 182 valence electrons. The maximum atomic E-state index is 12.6. The van der Waals surface area contributed by atoms with Crippen LogP contribution in [0.3, 0.4) is 0 Å². The molecular weight excluding hydrogens is 473 g/mol. The molecule has 1 N–H and O–H groups in total. The average Bonchev–Trinajstić information content (AvgIpc) is 3.21. The molecule has 1 heterocycles. The molecule has 0 aliphatic heterocycles. The topological polar surface area (TPSA) is 87.5 Å². The van der Waals surface area contributed by atoms with Gasteiger partial charge in [-0.25, -0.2) is 0 Å². The van der Waals surface area contributed by atoms with Gasteiger partial charge in [0.25, 0.3) is 0 Å². The van der Waals surface area contributed by atoms with Gasteiger partial charge in [-0.2, -0.15) is 0 Å². The molecule has 3 rings (SSSR count). The van der Waals surface area contributed by atoms with Crippen molar-refractivity contribution in [3.05, 3.63) is 54.4 Å². The minimum absolute atomic E-state index is 0.0816. The Labute approximate surface area is 198 Å². The first-order valence-corrected chi connectivity index (χ1v) is 11.2. The van der Waals surface area contributed by atoms with E-state index in [0.717, 1.165) is 17.8 Å². The van der Waals surface area contributed by atoms with Crippen LogP contribution in [-0.4, -0.2) is 39.9 Å². The number of amides is 1. The third-order valence-corrected chi connectivity index (χ3v) is 5.48. The zero-order valence-corrected chi connectivity index (χ0v) is 19.4. The molecule has 1 aromatic heterocycles. The van der Waals surface area contributed by atoms with Crippen molar-refractivity contribution in [2.45, 2.75) is 38.0 Å². The lowest BCUT2D eigenvalue weighted by molar-refractivity contribution is -0.274. The average molecular weight is 497 g/mol. The van der Waals surface area contributed by atoms with E-state index in [2.05, 4.69) is 20.3 Å². The standard InChI is InChI=1S/C22H23F3N4O4S/c1-4-29-20(14(2)32-18-12-8-7-11-17(18)31-3)27-28-21(29)34-13-19(30)26-15-9-5-6-10-16(15)33-22(23,24)25/h5-12,14H,4,13H2,1-3H3,(H,26,30). The molecule has 0 spiro atoms. The van der Waals surface area contributed by atoms with E-state index in [9.17, 15) is 18.0 Å². The fraction of sp³-hybridized carbons (Fsp3) is 0.318. The Kier molecular flexibility index (Phi) is 8.26. The highest BCUT2D eigenvalue weighted by atomic mass is 32.2. The highest BCUT2D eigenvalue weighted by Gasteiger charge is 2.32. The van der Waals surface area contributed by atoms with Crippen molar-refractivity contribution in [1.29, 1.82) is 0 Å². The van der Waals surface area contributed by atoms with Gasteiger partial charge in [-0.1, -0.05) is 36.0 Å². The first kappa shape index (κ1) is 25.2. The number of rotatable bonds is 10. The van der Waals surface area contributed by atoms with Gasteiger partial charge in [0.05, 0.1) is 18.6 Å². The Balaban J connectivity index is 1.66. The van der Waals surface area contributed by atoms with Gasteiger partial charge in [0.2, 0.25) is 5.91 Å². The molecule has 3 aromatic rings. The summed E-state index contributed by atoms with van der Waals surface area (Å²) in [5.41, 5.74) is -0.0816. The molecular formula is C22H23F3N4O4S. The van der Waals surface area contributed by atoms with Gasteiger partial charge in [-0.05, 0) is 38.1 Å². The highest BCUT2D eigenvalue weighted by Crippen LogP contribution is 2.32. The molecule has 0 aliphatic carbocycles. The van der Waals surface area contributed by atoms with Crippen LogP contribution < -0.4 is 19.5 Å². The Morgan fingerprint density at radius 2 is 1.74 bits per heavy atom. The van der Waals surface area contributed by atoms with Crippen LogP contribution in [-0.2, 0) is 11.3 Å². The lowest BCUT2D eigenvalue weighted by atomic mass is 10.3. The molecule has 12 heteroatoms. The number of ether oxygens (including phenoxy) is 3. The third kappa shape index (κ3) is 6.56. The van der Waals surface area contributed by atoms with Crippen LogP contribution in [0.25, 0.3) is 0 Å². The van der Waals surface area contributed by atoms with Gasteiger partial charge in [0, 0.05) is 6.54 Å². The molecule has 0 saturated carbocycles. The number of nitrogens with one attached hydrogen (secondary N) is 1. The fourth-order valence-electron chi connectivity index (χ4n) is 3.06. The maximum Gasteiger partial charge on any atom is 0.573 e. The Hall–Kier alpha value is -3.41. The summed E-state index contributed by atoms with van der Waals surface area (Å²) in [5.74, 6) is 0.582. The van der Waals surface area contributed by atoms with Gasteiger partial charge in [-0.15, -0.1) is 23.4 Å². The third-order valence-electron chi connectivity index (χ3n) is 4.52. The lowest BCUT2D eigenvalue weighted by Gasteiger charge is -2.17. The molecule has 1 atom stereocenters. The number of methoxy groups -OCH3 is 1. The quantitative estimate of drug-likeness (QED) is 0.392. The smallest absolute Gasteiger partial charge is 0.493 e. The largest absolute Gasteiger partial charge is 0.573 e. The van der Waals surface area contributed by atoms with E-state index in [1.807, 2.05) is 26.0 Å². The maximum absolute atomic E-state index is 12.6. The van der Waals surface area contributed by atoms with Gasteiger partial charge < -0.3 is 24.1 Å². The summed E-state index contributed by atoms with van der Waals surface area (Å²) in [6.45, 7) is 4.24. The summed E-state index contributed by atoms with van der Waals surface area (Å²) >= 11 is 1.10. The summed E-state index contributed by atoms with van der Waals surface area (Å²) in [4.78, 5) is 12.4. The van der Waals surface area contributed by atoms with Gasteiger partial charge in [-0.3, -0.25) is 4.79 Å². The van der Waals surface area contributed by atoms with Gasteiger partial charge in [0.1, 0.15) is 0 Å². The number of hydrogen-bond acceptors (Lipinski definition) is 7. The summed E-state index contributed by atoms with van der Waals surface area (Å²) in [6.07, 6.45) is -5.33. The van der Waals surface area contributed by atoms with Crippen molar-refractivity contribution in [3.8, 4) is 17.2 Å². The normalized spacial score (nSPS) is 12.2. The molecule has 0 fully saturated rings. The number of aromatic nitrogens is 3. The Bertz CT molecular complexity index is 1120. The van der Waals surface area contributed by atoms with E-state index in [4.69, 9.17) is 9.47 Å². The number of carbonyl (C=O) groups is 1. The number of para-hydroxylation sites is 4. The van der Waals surface area contributed by atoms with Crippen molar-refractivity contribution < 1.29 is 32.2 Å². The summed E-state index contributed by atoms with van der Waals surface area (Å²) in [7, 11) is 1.55. The summed E-state index contributed by atoms with van der Waals surface area (Å²) in [6, 6.07) is 12.5. The second-order valence-electron chi connectivity index (χ2n) is 6.88. The second-order valence-corrected chi connectivity index (χ2v) is 7.82. The highest BCUT2D eigenvalue weighted by molar-refractivity contribution is 7.99. The van der Waals surface area contributed by atoms with Crippen molar-refractivity contribution in [2.75, 3.05) is 18.2 Å². The minimum atomic E-state index is -4.87. The molecule has 1 amide bonds. The van der Waals surface area contributed by atoms with Gasteiger partial charge >= 0.3 is 6.36 Å². The SMILES string of the molecule is CCn1c(SCC(=O)Nc2ccccc2OC(F)(F)F)nnc1C(C)Oc1ccccc1OC. The van der Waals surface area contributed by atoms with Gasteiger partial charge in [0.15, 0.2) is 34.3 Å². The van der Waals surface area contributed by atoms with Crippen molar-refractivity contribution in [2.24, 2.45) is 0 Å². The van der Waals surface area contributed by atoms with Crippen LogP contribution in [0.5, 0.6) is 17.2 Å². The summed E-state index contributed by atoms with van der Waals surface area (Å²) in [5, 5.41) is 11.3. The van der Waals surface area contributed by atoms with E-state index in [1.54, 1.807) is 23.8 Å². The van der Waals surface area contributed by atoms with E-state index in [1.165, 1.54) is 18.2 Å². The molecule has 0 saturated heterocycles. The van der Waals surface area contributed by atoms with Crippen LogP contribution >= 0.6 is 11.8 Å². The van der Waals surface area contributed by atoms with Crippen LogP contribution in [0.15, 0.2) is 53.7 Å². The van der Waals surface area contributed by atoms with Crippen LogP contribution in [0.1, 0.15) is 25.8 Å². The molecule has 1 unspecified atom stereocenters. The first-order chi connectivity index (χ1) is 16.2. The van der Waals surface area contributed by atoms with Crippen LogP contribution in [0, 0.1) is 0 Å². The Morgan fingerprint density at radius 3 is 2.38 bits per heavy atom. The van der Waals surface area contributed by atoms with Crippen LogP contribution in [0.4, 0.5) is 18.9 Å². The molecule has 2 aromatic carbocycles. The number of thioether (sulfide) groups is 1. The van der Waals surface area contributed by atoms with Crippen LogP contribution in [0.2, 0.25) is 0 Å². The number of benzene rings is 2. The van der Waals surface area contributed by atoms with E-state index in [-0.39, 0.29) is 11.4 Å². The lowest BCUT2D eigenvalue weighted by Crippen LogP contribution is -2.20. The van der Waals surface area contributed by atoms with Crippen molar-refractivity contribution in [1.82, 2.24) is 14.8 Å². The number of hydrogen-bond donors (Lipinski definition) is 1. The molecule has 0 bridgehead atoms. The minimum Gasteiger partial charge on any atom is -0.493 e. The van der Waals surface area contributed by atoms with E-state index in [0.29, 0.717) is 29.0 Å². The number of anilines is 1. The molecule has 0 aliphatic rings. The predicted octanol–water partition coefficient (Wildman–Crippen LogP) is 5.08. The predicted molar refractivity (Wildman–Crippen MR) is 120 cm³/mol. The number of nitrogens with zero attached hydrogens (tertiary/aromatic N) is 3. The monoisotopic (exact) mass is 496 g/mol. The van der Waals surface area contributed by atoms with Crippen molar-refractivity contribution >= 4 is 23.4 Å². The zero-order valence-electron chi connectivity index (χ0n) is 18.6. The fourth-order valence-corrected chi connectivity index (χ4v) is 3.87. The molecule has 8 nitrogen and oxygen atoms in total. The van der Waals surface area contributed by atoms with E-state index < -0.39 is 24.1 Å². The number of alkyl halides is 3. The van der Waals surface area contributed by atoms with Crippen molar-refractivity contribution in [3.63, 3.8) is 0 Å². The molecule has 0 radical (unpaired) electrons. The molecule has 34 heavy (non-hydrogen) atoms. The number of halogens is 3. The Morgan fingerprint density at radius 1 is 1.09 bits per heavy atom. The number of carbonyl (C=O) groups excluding carboxylic acids is 1.